The minimum Gasteiger partial charge on any atom is -0.465 e. The van der Waals surface area contributed by atoms with Gasteiger partial charge in [-0.2, -0.15) is 0 Å². The van der Waals surface area contributed by atoms with E-state index in [1.807, 2.05) is 36.4 Å². The minimum atomic E-state index is -0.274. The predicted octanol–water partition coefficient (Wildman–Crippen LogP) is 4.84. The summed E-state index contributed by atoms with van der Waals surface area (Å²) >= 11 is 2.41. The van der Waals surface area contributed by atoms with Gasteiger partial charge in [-0.1, -0.05) is 65.9 Å². The average molecular weight is 377 g/mol. The van der Waals surface area contributed by atoms with Gasteiger partial charge in [0.2, 0.25) is 5.90 Å². The normalized spacial score (nSPS) is 20.8. The maximum atomic E-state index is 6.33. The molecule has 2 aromatic rings. The van der Waals surface area contributed by atoms with E-state index in [4.69, 9.17) is 9.73 Å². The first kappa shape index (κ1) is 13.6. The van der Waals surface area contributed by atoms with Gasteiger partial charge in [-0.3, -0.25) is 0 Å². The summed E-state index contributed by atoms with van der Waals surface area (Å²) in [5.74, 6) is 0.725. The van der Waals surface area contributed by atoms with Crippen LogP contribution in [0.25, 0.3) is 0 Å². The van der Waals surface area contributed by atoms with E-state index in [2.05, 4.69) is 47.7 Å². The number of para-hydroxylation sites is 1. The fourth-order valence-corrected chi connectivity index (χ4v) is 3.60. The molecule has 0 unspecified atom stereocenters. The fourth-order valence-electron chi connectivity index (χ4n) is 2.49. The summed E-state index contributed by atoms with van der Waals surface area (Å²) < 4.78 is 7.23. The van der Waals surface area contributed by atoms with Crippen LogP contribution in [0, 0.1) is 0 Å². The van der Waals surface area contributed by atoms with Crippen LogP contribution >= 0.6 is 22.6 Å². The van der Waals surface area contributed by atoms with E-state index >= 15 is 0 Å². The third kappa shape index (κ3) is 2.24. The van der Waals surface area contributed by atoms with E-state index in [1.54, 1.807) is 0 Å². The molecular formula is C17H16INO. The van der Waals surface area contributed by atoms with Crippen molar-refractivity contribution in [2.24, 2.45) is 4.99 Å². The monoisotopic (exact) mass is 377 g/mol. The zero-order valence-electron chi connectivity index (χ0n) is 11.3. The first-order valence-electron chi connectivity index (χ1n) is 6.77. The Morgan fingerprint density at radius 3 is 2.45 bits per heavy atom. The predicted molar refractivity (Wildman–Crippen MR) is 91.0 cm³/mol. The molecule has 20 heavy (non-hydrogen) atoms. The van der Waals surface area contributed by atoms with Crippen molar-refractivity contribution in [3.05, 3.63) is 65.7 Å². The van der Waals surface area contributed by atoms with Crippen LogP contribution in [-0.4, -0.2) is 10.3 Å². The third-order valence-corrected chi connectivity index (χ3v) is 4.95. The summed E-state index contributed by atoms with van der Waals surface area (Å²) in [5.41, 5.74) is 2.97. The molecule has 0 bridgehead atoms. The van der Waals surface area contributed by atoms with Gasteiger partial charge >= 0.3 is 0 Å². The smallest absolute Gasteiger partial charge is 0.222 e. The number of hydrogen-bond acceptors (Lipinski definition) is 2. The lowest BCUT2D eigenvalue weighted by molar-refractivity contribution is 0.0744. The maximum absolute atomic E-state index is 6.33. The van der Waals surface area contributed by atoms with Crippen molar-refractivity contribution in [3.63, 3.8) is 0 Å². The molecule has 0 N–H and O–H groups in total. The van der Waals surface area contributed by atoms with Crippen molar-refractivity contribution < 1.29 is 4.74 Å². The van der Waals surface area contributed by atoms with Gasteiger partial charge in [-0.25, -0.2) is 4.99 Å². The van der Waals surface area contributed by atoms with E-state index in [-0.39, 0.29) is 5.60 Å². The van der Waals surface area contributed by atoms with Crippen LogP contribution in [0.4, 0.5) is 5.69 Å². The topological polar surface area (TPSA) is 21.6 Å². The number of nitrogens with zero attached hydrogens (tertiary/aromatic N) is 1. The van der Waals surface area contributed by atoms with Gasteiger partial charge in [-0.05, 0) is 24.6 Å². The van der Waals surface area contributed by atoms with Crippen molar-refractivity contribution in [2.75, 3.05) is 4.43 Å². The SMILES string of the molecule is CC[C@@]1(CI)OC(c2ccccc2)=Nc2ccccc21. The molecule has 102 valence electrons. The summed E-state index contributed by atoms with van der Waals surface area (Å²) in [6.45, 7) is 2.17. The Labute approximate surface area is 133 Å². The summed E-state index contributed by atoms with van der Waals surface area (Å²) in [6, 6.07) is 18.4. The molecule has 0 aromatic heterocycles. The highest BCUT2D eigenvalue weighted by molar-refractivity contribution is 14.1. The quantitative estimate of drug-likeness (QED) is 0.554. The van der Waals surface area contributed by atoms with Crippen LogP contribution in [0.2, 0.25) is 0 Å². The zero-order valence-corrected chi connectivity index (χ0v) is 13.5. The van der Waals surface area contributed by atoms with Gasteiger partial charge in [0.15, 0.2) is 0 Å². The molecule has 1 heterocycles. The Balaban J connectivity index is 2.15. The first-order chi connectivity index (χ1) is 9.79. The highest BCUT2D eigenvalue weighted by atomic mass is 127. The average Bonchev–Trinajstić information content (AvgIpc) is 2.54. The standard InChI is InChI=1S/C17H16INO/c1-2-17(12-18)14-10-6-7-11-15(14)19-16(20-17)13-8-4-3-5-9-13/h3-11H,2,12H2,1H3/t17-/m0/s1. The van der Waals surface area contributed by atoms with Crippen molar-refractivity contribution in [3.8, 4) is 0 Å². The number of alkyl halides is 1. The molecule has 0 saturated carbocycles. The Morgan fingerprint density at radius 1 is 1.05 bits per heavy atom. The Kier molecular flexibility index (Phi) is 3.78. The lowest BCUT2D eigenvalue weighted by Gasteiger charge is -2.36. The van der Waals surface area contributed by atoms with Gasteiger partial charge in [0.05, 0.1) is 5.69 Å². The molecule has 1 aliphatic rings. The van der Waals surface area contributed by atoms with Crippen molar-refractivity contribution in [1.82, 2.24) is 0 Å². The second kappa shape index (κ2) is 5.56. The van der Waals surface area contributed by atoms with Crippen LogP contribution in [-0.2, 0) is 10.3 Å². The Hall–Kier alpha value is -1.36. The number of hydrogen-bond donors (Lipinski definition) is 0. The Morgan fingerprint density at radius 2 is 1.75 bits per heavy atom. The number of halogens is 1. The first-order valence-corrected chi connectivity index (χ1v) is 8.30. The molecule has 3 heteroatoms. The number of rotatable bonds is 3. The molecule has 0 fully saturated rings. The van der Waals surface area contributed by atoms with Gasteiger partial charge in [0.1, 0.15) is 5.60 Å². The van der Waals surface area contributed by atoms with E-state index in [0.29, 0.717) is 0 Å². The molecule has 2 aromatic carbocycles. The summed E-state index contributed by atoms with van der Waals surface area (Å²) in [4.78, 5) is 4.70. The second-order valence-electron chi connectivity index (χ2n) is 4.88. The Bertz CT molecular complexity index is 632. The summed E-state index contributed by atoms with van der Waals surface area (Å²) in [6.07, 6.45) is 0.929. The summed E-state index contributed by atoms with van der Waals surface area (Å²) in [7, 11) is 0. The third-order valence-electron chi connectivity index (χ3n) is 3.72. The van der Waals surface area contributed by atoms with Crippen molar-refractivity contribution >= 4 is 34.2 Å². The number of aliphatic imine (C=N–C) groups is 1. The number of fused-ring (bicyclic) bond motifs is 1. The minimum absolute atomic E-state index is 0.274. The molecule has 2 nitrogen and oxygen atoms in total. The van der Waals surface area contributed by atoms with Crippen LogP contribution < -0.4 is 0 Å². The molecule has 0 amide bonds. The van der Waals surface area contributed by atoms with Crippen LogP contribution in [0.1, 0.15) is 24.5 Å². The molecule has 0 spiro atoms. The van der Waals surface area contributed by atoms with Crippen LogP contribution in [0.5, 0.6) is 0 Å². The number of ether oxygens (including phenoxy) is 1. The van der Waals surface area contributed by atoms with E-state index in [9.17, 15) is 0 Å². The van der Waals surface area contributed by atoms with Gasteiger partial charge in [-0.15, -0.1) is 0 Å². The van der Waals surface area contributed by atoms with Crippen LogP contribution in [0.3, 0.4) is 0 Å². The van der Waals surface area contributed by atoms with Crippen molar-refractivity contribution in [1.29, 1.82) is 0 Å². The second-order valence-corrected chi connectivity index (χ2v) is 5.65. The maximum Gasteiger partial charge on any atom is 0.222 e. The molecule has 0 radical (unpaired) electrons. The lowest BCUT2D eigenvalue weighted by Crippen LogP contribution is -2.36. The highest BCUT2D eigenvalue weighted by Gasteiger charge is 2.38. The van der Waals surface area contributed by atoms with Gasteiger partial charge in [0, 0.05) is 15.6 Å². The van der Waals surface area contributed by atoms with E-state index < -0.39 is 0 Å². The van der Waals surface area contributed by atoms with E-state index in [0.717, 1.165) is 28.0 Å². The van der Waals surface area contributed by atoms with Crippen LogP contribution in [0.15, 0.2) is 59.6 Å². The molecule has 0 aliphatic carbocycles. The number of benzene rings is 2. The largest absolute Gasteiger partial charge is 0.465 e. The molecule has 1 aliphatic heterocycles. The van der Waals surface area contributed by atoms with E-state index in [1.165, 1.54) is 5.56 Å². The zero-order chi connectivity index (χ0) is 14.0. The molecule has 1 atom stereocenters. The molecular weight excluding hydrogens is 361 g/mol. The van der Waals surface area contributed by atoms with Crippen molar-refractivity contribution in [2.45, 2.75) is 18.9 Å². The highest BCUT2D eigenvalue weighted by Crippen LogP contribution is 2.42. The summed E-state index contributed by atoms with van der Waals surface area (Å²) in [5, 5.41) is 0. The molecule has 0 saturated heterocycles. The molecule has 3 rings (SSSR count). The fraction of sp³-hybridized carbons (Fsp3) is 0.235. The van der Waals surface area contributed by atoms with Gasteiger partial charge < -0.3 is 4.74 Å². The lowest BCUT2D eigenvalue weighted by atomic mass is 9.90. The van der Waals surface area contributed by atoms with Gasteiger partial charge in [0.25, 0.3) is 0 Å².